The molecule has 2 aliphatic rings. The van der Waals surface area contributed by atoms with Crippen LogP contribution in [0.5, 0.6) is 0 Å². The summed E-state index contributed by atoms with van der Waals surface area (Å²) >= 11 is 0. The molecule has 1 saturated carbocycles. The van der Waals surface area contributed by atoms with Crippen molar-refractivity contribution in [2.75, 3.05) is 13.2 Å². The van der Waals surface area contributed by atoms with Crippen molar-refractivity contribution in [1.82, 2.24) is 0 Å². The van der Waals surface area contributed by atoms with Crippen molar-refractivity contribution >= 4 is 0 Å². The van der Waals surface area contributed by atoms with E-state index in [9.17, 15) is 20.2 Å². The largest absolute Gasteiger partial charge is 0.330 e. The first-order valence-corrected chi connectivity index (χ1v) is 9.93. The summed E-state index contributed by atoms with van der Waals surface area (Å²) < 4.78 is 0. The lowest BCUT2D eigenvalue weighted by molar-refractivity contribution is -0.792. The molecule has 0 saturated heterocycles. The summed E-state index contributed by atoms with van der Waals surface area (Å²) in [4.78, 5) is 31.0. The fourth-order valence-electron chi connectivity index (χ4n) is 6.28. The quantitative estimate of drug-likeness (QED) is 0.337. The van der Waals surface area contributed by atoms with Crippen molar-refractivity contribution < 1.29 is 19.8 Å². The molecular weight excluding hydrogens is 366 g/mol. The van der Waals surface area contributed by atoms with Crippen molar-refractivity contribution in [3.05, 3.63) is 31.9 Å². The highest BCUT2D eigenvalue weighted by Gasteiger charge is 2.51. The average Bonchev–Trinajstić information content (AvgIpc) is 2.49. The molecule has 28 heavy (non-hydrogen) atoms. The highest BCUT2D eigenvalue weighted by molar-refractivity contribution is 5.24. The molecule has 0 aromatic heterocycles. The van der Waals surface area contributed by atoms with Crippen LogP contribution in [0.15, 0.2) is 11.6 Å². The molecule has 4 unspecified atom stereocenters. The fraction of sp³-hybridized carbons (Fsp3) is 0.895. The minimum Gasteiger partial charge on any atom is -0.330 e. The van der Waals surface area contributed by atoms with Gasteiger partial charge in [0.25, 0.3) is 10.2 Å². The normalized spacial score (nSPS) is 30.7. The molecule has 0 amide bonds. The maximum Gasteiger partial charge on any atom is 0.294 e. The minimum atomic E-state index is -1.01. The van der Waals surface area contributed by atoms with Crippen LogP contribution in [-0.2, 0) is 9.68 Å². The summed E-state index contributed by atoms with van der Waals surface area (Å²) in [5, 5.41) is 19.9. The standard InChI is InChI=1S/C19H33N3O6/c1-5-15(16(28-22(25)26)11-27-21(23)24)18(4)9-14-8-17(2,3)12-19(10-14,13-18)6-7-20/h9,15-16H,5-8,10-13,20H2,1-4H3. The molecule has 2 N–H and O–H groups in total. The van der Waals surface area contributed by atoms with Crippen LogP contribution in [0.25, 0.3) is 0 Å². The molecule has 0 aliphatic heterocycles. The van der Waals surface area contributed by atoms with Crippen LogP contribution >= 0.6 is 0 Å². The van der Waals surface area contributed by atoms with E-state index in [1.165, 1.54) is 5.57 Å². The third-order valence-corrected chi connectivity index (χ3v) is 6.43. The minimum absolute atomic E-state index is 0.0475. The SMILES string of the molecule is CCC(C(CO[N+](=O)[O-])O[N+](=O)[O-])C1(C)C=C2CC(C)(C)CC(CCN)(C2)C1. The van der Waals surface area contributed by atoms with Crippen molar-refractivity contribution in [1.29, 1.82) is 0 Å². The second-order valence-electron chi connectivity index (χ2n) is 9.62. The maximum absolute atomic E-state index is 11.0. The number of fused-ring (bicyclic) bond motifs is 2. The predicted molar refractivity (Wildman–Crippen MR) is 103 cm³/mol. The van der Waals surface area contributed by atoms with Gasteiger partial charge in [0.2, 0.25) is 0 Å². The van der Waals surface area contributed by atoms with E-state index in [1.807, 2.05) is 6.92 Å². The molecule has 9 nitrogen and oxygen atoms in total. The monoisotopic (exact) mass is 399 g/mol. The van der Waals surface area contributed by atoms with Gasteiger partial charge in [0.05, 0.1) is 0 Å². The van der Waals surface area contributed by atoms with Crippen LogP contribution in [0.4, 0.5) is 0 Å². The van der Waals surface area contributed by atoms with Crippen LogP contribution in [0, 0.1) is 42.4 Å². The van der Waals surface area contributed by atoms with Gasteiger partial charge in [-0.05, 0) is 60.8 Å². The topological polar surface area (TPSA) is 131 Å². The number of hydrogen-bond donors (Lipinski definition) is 1. The van der Waals surface area contributed by atoms with Gasteiger partial charge in [0.15, 0.2) is 0 Å². The second-order valence-corrected chi connectivity index (χ2v) is 9.62. The predicted octanol–water partition coefficient (Wildman–Crippen LogP) is 3.68. The summed E-state index contributed by atoms with van der Waals surface area (Å²) in [6, 6.07) is 0. The molecule has 4 atom stereocenters. The van der Waals surface area contributed by atoms with E-state index in [2.05, 4.69) is 31.7 Å². The van der Waals surface area contributed by atoms with Gasteiger partial charge in [-0.3, -0.25) is 0 Å². The van der Waals surface area contributed by atoms with E-state index in [1.54, 1.807) is 0 Å². The van der Waals surface area contributed by atoms with Gasteiger partial charge < -0.3 is 15.4 Å². The Hall–Kier alpha value is -1.90. The molecule has 0 aromatic rings. The van der Waals surface area contributed by atoms with Crippen molar-refractivity contribution in [2.45, 2.75) is 72.3 Å². The maximum atomic E-state index is 11.0. The summed E-state index contributed by atoms with van der Waals surface area (Å²) in [5.74, 6) is -0.286. The number of allylic oxidation sites excluding steroid dienone is 2. The summed E-state index contributed by atoms with van der Waals surface area (Å²) in [6.07, 6.45) is 6.59. The van der Waals surface area contributed by atoms with E-state index >= 15 is 0 Å². The molecule has 2 bridgehead atoms. The number of nitrogens with zero attached hydrogens (tertiary/aromatic N) is 2. The second kappa shape index (κ2) is 8.23. The molecule has 0 aromatic carbocycles. The summed E-state index contributed by atoms with van der Waals surface area (Å²) in [7, 11) is 0. The number of rotatable bonds is 10. The van der Waals surface area contributed by atoms with Crippen LogP contribution in [0.1, 0.15) is 66.2 Å². The zero-order valence-electron chi connectivity index (χ0n) is 17.3. The Bertz CT molecular complexity index is 637. The number of hydrogen-bond acceptors (Lipinski definition) is 7. The van der Waals surface area contributed by atoms with E-state index in [4.69, 9.17) is 10.6 Å². The fourth-order valence-corrected chi connectivity index (χ4v) is 6.28. The molecule has 0 spiro atoms. The van der Waals surface area contributed by atoms with Crippen molar-refractivity contribution in [3.63, 3.8) is 0 Å². The van der Waals surface area contributed by atoms with Gasteiger partial charge in [-0.1, -0.05) is 45.8 Å². The average molecular weight is 399 g/mol. The smallest absolute Gasteiger partial charge is 0.294 e. The lowest BCUT2D eigenvalue weighted by atomic mass is 9.50. The van der Waals surface area contributed by atoms with E-state index in [0.717, 1.165) is 32.1 Å². The van der Waals surface area contributed by atoms with Gasteiger partial charge in [0.1, 0.15) is 12.7 Å². The molecular formula is C19H33N3O6. The zero-order chi connectivity index (χ0) is 21.2. The number of nitrogens with two attached hydrogens (primary N) is 1. The van der Waals surface area contributed by atoms with Gasteiger partial charge in [0, 0.05) is 0 Å². The molecule has 1 fully saturated rings. The first-order chi connectivity index (χ1) is 12.9. The Balaban J connectivity index is 2.39. The molecule has 2 aliphatic carbocycles. The van der Waals surface area contributed by atoms with E-state index in [0.29, 0.717) is 13.0 Å². The first-order valence-electron chi connectivity index (χ1n) is 9.93. The Kier molecular flexibility index (Phi) is 6.58. The van der Waals surface area contributed by atoms with Crippen LogP contribution in [0.3, 0.4) is 0 Å². The van der Waals surface area contributed by atoms with Crippen LogP contribution in [-0.4, -0.2) is 29.4 Å². The highest BCUT2D eigenvalue weighted by Crippen LogP contribution is 2.61. The lowest BCUT2D eigenvalue weighted by Crippen LogP contribution is -2.48. The Labute approximate surface area is 165 Å². The first kappa shape index (κ1) is 22.4. The highest BCUT2D eigenvalue weighted by atomic mass is 17.0. The molecule has 2 rings (SSSR count). The van der Waals surface area contributed by atoms with Gasteiger partial charge in [-0.2, -0.15) is 0 Å². The Morgan fingerprint density at radius 2 is 1.86 bits per heavy atom. The van der Waals surface area contributed by atoms with Gasteiger partial charge in [-0.25, -0.2) is 0 Å². The third kappa shape index (κ3) is 5.12. The van der Waals surface area contributed by atoms with Crippen LogP contribution < -0.4 is 5.73 Å². The summed E-state index contributed by atoms with van der Waals surface area (Å²) in [6.45, 7) is 8.70. The molecule has 0 heterocycles. The van der Waals surface area contributed by atoms with Gasteiger partial charge in [-0.15, -0.1) is 20.2 Å². The Morgan fingerprint density at radius 1 is 1.18 bits per heavy atom. The molecule has 160 valence electrons. The third-order valence-electron chi connectivity index (χ3n) is 6.43. The lowest BCUT2D eigenvalue weighted by Gasteiger charge is -2.55. The molecule has 9 heteroatoms. The van der Waals surface area contributed by atoms with Gasteiger partial charge >= 0.3 is 0 Å². The van der Waals surface area contributed by atoms with Crippen molar-refractivity contribution in [3.8, 4) is 0 Å². The van der Waals surface area contributed by atoms with E-state index in [-0.39, 0.29) is 22.2 Å². The summed E-state index contributed by atoms with van der Waals surface area (Å²) in [5.41, 5.74) is 7.16. The van der Waals surface area contributed by atoms with Crippen LogP contribution in [0.2, 0.25) is 0 Å². The van der Waals surface area contributed by atoms with Crippen molar-refractivity contribution in [2.24, 2.45) is 27.9 Å². The Morgan fingerprint density at radius 3 is 2.39 bits per heavy atom. The van der Waals surface area contributed by atoms with E-state index < -0.39 is 22.9 Å². The molecule has 0 radical (unpaired) electrons. The zero-order valence-corrected chi connectivity index (χ0v) is 17.3.